The number of piperazine rings is 1. The first-order chi connectivity index (χ1) is 5.02. The van der Waals surface area contributed by atoms with Gasteiger partial charge in [-0.05, 0) is 33.7 Å². The van der Waals surface area contributed by atoms with E-state index in [1.165, 1.54) is 25.9 Å². The van der Waals surface area contributed by atoms with Gasteiger partial charge < -0.3 is 10.2 Å². The van der Waals surface area contributed by atoms with Crippen LogP contribution in [0, 0.1) is 0 Å². The summed E-state index contributed by atoms with van der Waals surface area (Å²) in [5.41, 5.74) is 0.809. The van der Waals surface area contributed by atoms with Crippen molar-refractivity contribution >= 4 is 0 Å². The Morgan fingerprint density at radius 1 is 1.09 bits per heavy atom. The topological polar surface area (TPSA) is 15.3 Å². The van der Waals surface area contributed by atoms with Crippen molar-refractivity contribution in [2.45, 2.75) is 37.8 Å². The fourth-order valence-corrected chi connectivity index (χ4v) is 2.89. The number of hydrogen-bond donors (Lipinski definition) is 1. The van der Waals surface area contributed by atoms with E-state index < -0.39 is 0 Å². The fraction of sp³-hybridized carbons (Fsp3) is 1.00. The van der Waals surface area contributed by atoms with Crippen LogP contribution in [0.4, 0.5) is 0 Å². The van der Waals surface area contributed by atoms with Gasteiger partial charge in [0.25, 0.3) is 0 Å². The Morgan fingerprint density at radius 2 is 1.55 bits per heavy atom. The van der Waals surface area contributed by atoms with E-state index >= 15 is 0 Å². The molecule has 2 unspecified atom stereocenters. The van der Waals surface area contributed by atoms with Gasteiger partial charge in [-0.15, -0.1) is 0 Å². The van der Waals surface area contributed by atoms with Crippen LogP contribution in [0.1, 0.15) is 26.7 Å². The molecular formula is C9H18N2. The lowest BCUT2D eigenvalue weighted by Crippen LogP contribution is -2.62. The van der Waals surface area contributed by atoms with Gasteiger partial charge in [-0.2, -0.15) is 0 Å². The second kappa shape index (κ2) is 1.99. The smallest absolute Gasteiger partial charge is 0.0286 e. The Labute approximate surface area is 69.0 Å². The quantitative estimate of drug-likeness (QED) is 0.556. The summed E-state index contributed by atoms with van der Waals surface area (Å²) in [6.45, 7) is 7.10. The molecule has 0 amide bonds. The average Bonchev–Trinajstić information content (AvgIpc) is 2.01. The Morgan fingerprint density at radius 3 is 2.00 bits per heavy atom. The molecule has 2 bridgehead atoms. The van der Waals surface area contributed by atoms with Crippen LogP contribution in [-0.4, -0.2) is 36.1 Å². The van der Waals surface area contributed by atoms with Gasteiger partial charge in [0, 0.05) is 24.2 Å². The first-order valence-corrected chi connectivity index (χ1v) is 4.49. The maximum atomic E-state index is 3.73. The van der Waals surface area contributed by atoms with E-state index in [0.29, 0.717) is 11.1 Å². The molecule has 0 aromatic rings. The van der Waals surface area contributed by atoms with Crippen molar-refractivity contribution < 1.29 is 0 Å². The molecule has 0 spiro atoms. The van der Waals surface area contributed by atoms with E-state index in [9.17, 15) is 0 Å². The second-order valence-corrected chi connectivity index (χ2v) is 4.92. The molecule has 2 nitrogen and oxygen atoms in total. The zero-order valence-electron chi connectivity index (χ0n) is 7.78. The third-order valence-corrected chi connectivity index (χ3v) is 3.07. The molecule has 1 N–H and O–H groups in total. The summed E-state index contributed by atoms with van der Waals surface area (Å²) in [7, 11) is 2.22. The van der Waals surface area contributed by atoms with E-state index in [1.54, 1.807) is 0 Å². The summed E-state index contributed by atoms with van der Waals surface area (Å²) < 4.78 is 0. The molecule has 0 radical (unpaired) electrons. The van der Waals surface area contributed by atoms with E-state index in [-0.39, 0.29) is 0 Å². The van der Waals surface area contributed by atoms with Crippen molar-refractivity contribution in [3.8, 4) is 0 Å². The maximum absolute atomic E-state index is 3.73. The third kappa shape index (κ3) is 1.18. The minimum Gasteiger partial charge on any atom is -0.304 e. The second-order valence-electron chi connectivity index (χ2n) is 4.92. The van der Waals surface area contributed by atoms with Crippen molar-refractivity contribution in [2.75, 3.05) is 20.1 Å². The molecule has 64 valence electrons. The highest BCUT2D eigenvalue weighted by molar-refractivity contribution is 5.08. The molecule has 0 aliphatic carbocycles. The predicted molar refractivity (Wildman–Crippen MR) is 46.7 cm³/mol. The highest BCUT2D eigenvalue weighted by atomic mass is 15.3. The fourth-order valence-electron chi connectivity index (χ4n) is 2.89. The maximum Gasteiger partial charge on any atom is 0.0286 e. The van der Waals surface area contributed by atoms with E-state index in [2.05, 4.69) is 31.1 Å². The number of likely N-dealkylation sites (tertiary alicyclic amines) is 1. The zero-order valence-corrected chi connectivity index (χ0v) is 7.78. The largest absolute Gasteiger partial charge is 0.304 e. The van der Waals surface area contributed by atoms with Crippen molar-refractivity contribution in [1.82, 2.24) is 10.2 Å². The van der Waals surface area contributed by atoms with E-state index in [4.69, 9.17) is 0 Å². The van der Waals surface area contributed by atoms with Crippen LogP contribution in [0.3, 0.4) is 0 Å². The molecule has 2 saturated heterocycles. The molecule has 11 heavy (non-hydrogen) atoms. The molecule has 2 heterocycles. The highest BCUT2D eigenvalue weighted by Gasteiger charge is 2.46. The molecule has 2 fully saturated rings. The molecule has 0 saturated carbocycles. The van der Waals surface area contributed by atoms with Gasteiger partial charge in [-0.25, -0.2) is 0 Å². The minimum absolute atomic E-state index is 0.405. The molecular weight excluding hydrogens is 136 g/mol. The lowest BCUT2D eigenvalue weighted by molar-refractivity contribution is 0.134. The van der Waals surface area contributed by atoms with E-state index in [0.717, 1.165) is 0 Å². The molecule has 2 atom stereocenters. The SMILES string of the molecule is CN1CC2(C)CCC(C)(C1)N2. The van der Waals surface area contributed by atoms with Crippen LogP contribution in [0.5, 0.6) is 0 Å². The lowest BCUT2D eigenvalue weighted by Gasteiger charge is -2.42. The first kappa shape index (κ1) is 7.56. The Bertz CT molecular complexity index is 162. The Kier molecular flexibility index (Phi) is 1.37. The lowest BCUT2D eigenvalue weighted by atomic mass is 10.00. The molecule has 0 aromatic carbocycles. The number of nitrogens with one attached hydrogen (secondary N) is 1. The van der Waals surface area contributed by atoms with Crippen molar-refractivity contribution in [3.05, 3.63) is 0 Å². The van der Waals surface area contributed by atoms with Crippen LogP contribution in [0.2, 0.25) is 0 Å². The van der Waals surface area contributed by atoms with Crippen LogP contribution < -0.4 is 5.32 Å². The van der Waals surface area contributed by atoms with Crippen molar-refractivity contribution in [2.24, 2.45) is 0 Å². The van der Waals surface area contributed by atoms with Crippen LogP contribution in [0.25, 0.3) is 0 Å². The summed E-state index contributed by atoms with van der Waals surface area (Å²) in [4.78, 5) is 2.45. The average molecular weight is 154 g/mol. The molecule has 2 rings (SSSR count). The van der Waals surface area contributed by atoms with Crippen molar-refractivity contribution in [3.63, 3.8) is 0 Å². The standard InChI is InChI=1S/C9H18N2/c1-8-4-5-9(2,10-8)7-11(3)6-8/h10H,4-7H2,1-3H3. The van der Waals surface area contributed by atoms with Crippen LogP contribution in [-0.2, 0) is 0 Å². The van der Waals surface area contributed by atoms with Crippen LogP contribution in [0.15, 0.2) is 0 Å². The van der Waals surface area contributed by atoms with Gasteiger partial charge >= 0.3 is 0 Å². The molecule has 2 aliphatic rings. The summed E-state index contributed by atoms with van der Waals surface area (Å²) in [6, 6.07) is 0. The molecule has 2 aliphatic heterocycles. The molecule has 0 aromatic heterocycles. The first-order valence-electron chi connectivity index (χ1n) is 4.49. The Hall–Kier alpha value is -0.0800. The predicted octanol–water partition coefficient (Wildman–Crippen LogP) is 0.833. The summed E-state index contributed by atoms with van der Waals surface area (Å²) in [5, 5.41) is 3.73. The van der Waals surface area contributed by atoms with Gasteiger partial charge in [-0.1, -0.05) is 0 Å². The third-order valence-electron chi connectivity index (χ3n) is 3.07. The van der Waals surface area contributed by atoms with Gasteiger partial charge in [0.15, 0.2) is 0 Å². The normalized spacial score (nSPS) is 51.5. The van der Waals surface area contributed by atoms with Gasteiger partial charge in [0.2, 0.25) is 0 Å². The highest BCUT2D eigenvalue weighted by Crippen LogP contribution is 2.35. The molecule has 2 heteroatoms. The minimum atomic E-state index is 0.405. The van der Waals surface area contributed by atoms with Crippen molar-refractivity contribution in [1.29, 1.82) is 0 Å². The monoisotopic (exact) mass is 154 g/mol. The number of likely N-dealkylation sites (N-methyl/N-ethyl adjacent to an activating group) is 1. The number of fused-ring (bicyclic) bond motifs is 2. The Balaban J connectivity index is 2.21. The van der Waals surface area contributed by atoms with E-state index in [1.807, 2.05) is 0 Å². The van der Waals surface area contributed by atoms with Crippen LogP contribution >= 0.6 is 0 Å². The van der Waals surface area contributed by atoms with Gasteiger partial charge in [0.1, 0.15) is 0 Å². The summed E-state index contributed by atoms with van der Waals surface area (Å²) in [6.07, 6.45) is 2.68. The summed E-state index contributed by atoms with van der Waals surface area (Å²) in [5.74, 6) is 0. The van der Waals surface area contributed by atoms with Gasteiger partial charge in [0.05, 0.1) is 0 Å². The number of rotatable bonds is 0. The zero-order chi connectivity index (χ0) is 8.11. The number of nitrogens with zero attached hydrogens (tertiary/aromatic N) is 1. The number of hydrogen-bond acceptors (Lipinski definition) is 2. The van der Waals surface area contributed by atoms with Gasteiger partial charge in [-0.3, -0.25) is 0 Å². The summed E-state index contributed by atoms with van der Waals surface area (Å²) >= 11 is 0.